The summed E-state index contributed by atoms with van der Waals surface area (Å²) in [7, 11) is -2.94. The van der Waals surface area contributed by atoms with Gasteiger partial charge < -0.3 is 0 Å². The SMILES string of the molecule is CC(C)=CCP1(=O)OC(C)(C)C(C)(C)O1. The van der Waals surface area contributed by atoms with E-state index in [2.05, 4.69) is 0 Å². The molecule has 1 saturated heterocycles. The van der Waals surface area contributed by atoms with Crippen LogP contribution in [0.15, 0.2) is 11.6 Å². The van der Waals surface area contributed by atoms with Crippen molar-refractivity contribution < 1.29 is 13.6 Å². The summed E-state index contributed by atoms with van der Waals surface area (Å²) >= 11 is 0. The van der Waals surface area contributed by atoms with E-state index in [-0.39, 0.29) is 0 Å². The second-order valence-electron chi connectivity index (χ2n) is 5.28. The van der Waals surface area contributed by atoms with Gasteiger partial charge in [0, 0.05) is 0 Å². The average Bonchev–Trinajstić information content (AvgIpc) is 2.13. The molecule has 0 aliphatic carbocycles. The van der Waals surface area contributed by atoms with E-state index in [1.807, 2.05) is 47.6 Å². The monoisotopic (exact) mass is 232 g/mol. The molecule has 15 heavy (non-hydrogen) atoms. The van der Waals surface area contributed by atoms with Crippen LogP contribution in [0.2, 0.25) is 0 Å². The van der Waals surface area contributed by atoms with E-state index >= 15 is 0 Å². The largest absolute Gasteiger partial charge is 0.335 e. The van der Waals surface area contributed by atoms with Crippen molar-refractivity contribution in [3.05, 3.63) is 11.6 Å². The highest BCUT2D eigenvalue weighted by Crippen LogP contribution is 2.63. The fraction of sp³-hybridized carbons (Fsp3) is 0.818. The molecule has 1 fully saturated rings. The molecule has 1 rings (SSSR count). The lowest BCUT2D eigenvalue weighted by Crippen LogP contribution is -2.41. The number of hydrogen-bond donors (Lipinski definition) is 0. The zero-order valence-electron chi connectivity index (χ0n) is 10.5. The maximum absolute atomic E-state index is 12.3. The Morgan fingerprint density at radius 1 is 1.13 bits per heavy atom. The van der Waals surface area contributed by atoms with Gasteiger partial charge in [-0.25, -0.2) is 0 Å². The van der Waals surface area contributed by atoms with Crippen LogP contribution in [-0.4, -0.2) is 17.4 Å². The van der Waals surface area contributed by atoms with Crippen molar-refractivity contribution in [1.82, 2.24) is 0 Å². The molecule has 0 spiro atoms. The van der Waals surface area contributed by atoms with Gasteiger partial charge in [0.15, 0.2) is 0 Å². The summed E-state index contributed by atoms with van der Waals surface area (Å²) in [6, 6.07) is 0. The normalized spacial score (nSPS) is 26.3. The van der Waals surface area contributed by atoms with E-state index in [0.717, 1.165) is 5.57 Å². The first-order valence-corrected chi connectivity index (χ1v) is 6.95. The molecule has 0 amide bonds. The van der Waals surface area contributed by atoms with Crippen molar-refractivity contribution in [2.45, 2.75) is 52.7 Å². The Morgan fingerprint density at radius 3 is 1.87 bits per heavy atom. The van der Waals surface area contributed by atoms with Crippen molar-refractivity contribution >= 4 is 7.60 Å². The Kier molecular flexibility index (Phi) is 3.22. The fourth-order valence-electron chi connectivity index (χ4n) is 1.30. The Morgan fingerprint density at radius 2 is 1.53 bits per heavy atom. The quantitative estimate of drug-likeness (QED) is 0.537. The van der Waals surface area contributed by atoms with E-state index in [4.69, 9.17) is 9.05 Å². The zero-order chi connectivity index (χ0) is 11.9. The standard InChI is InChI=1S/C11H21O3P/c1-9(2)7-8-15(12)13-10(3,4)11(5,6)14-15/h7H,8H2,1-6H3. The highest BCUT2D eigenvalue weighted by atomic mass is 31.2. The van der Waals surface area contributed by atoms with E-state index in [1.54, 1.807) is 0 Å². The minimum atomic E-state index is -2.94. The van der Waals surface area contributed by atoms with Gasteiger partial charge in [-0.1, -0.05) is 11.6 Å². The van der Waals surface area contributed by atoms with Crippen molar-refractivity contribution in [1.29, 1.82) is 0 Å². The third kappa shape index (κ3) is 2.72. The van der Waals surface area contributed by atoms with Crippen molar-refractivity contribution in [3.63, 3.8) is 0 Å². The van der Waals surface area contributed by atoms with Gasteiger partial charge in [0.25, 0.3) is 0 Å². The Bertz CT molecular complexity index is 305. The summed E-state index contributed by atoms with van der Waals surface area (Å²) in [5.41, 5.74) is 0.121. The summed E-state index contributed by atoms with van der Waals surface area (Å²) in [5.74, 6) is 0. The van der Waals surface area contributed by atoms with Crippen LogP contribution in [0.4, 0.5) is 0 Å². The maximum Gasteiger partial charge on any atom is 0.335 e. The smallest absolute Gasteiger partial charge is 0.299 e. The second-order valence-corrected chi connectivity index (χ2v) is 7.23. The maximum atomic E-state index is 12.3. The van der Waals surface area contributed by atoms with Crippen LogP contribution < -0.4 is 0 Å². The fourth-order valence-corrected chi connectivity index (χ4v) is 3.91. The lowest BCUT2D eigenvalue weighted by Gasteiger charge is -2.29. The summed E-state index contributed by atoms with van der Waals surface area (Å²) in [4.78, 5) is 0. The Balaban J connectivity index is 2.85. The van der Waals surface area contributed by atoms with E-state index in [1.165, 1.54) is 0 Å². The van der Waals surface area contributed by atoms with Crippen molar-refractivity contribution in [3.8, 4) is 0 Å². The molecule has 0 aromatic heterocycles. The van der Waals surface area contributed by atoms with Gasteiger partial charge in [-0.3, -0.25) is 13.6 Å². The lowest BCUT2D eigenvalue weighted by atomic mass is 9.90. The van der Waals surface area contributed by atoms with Gasteiger partial charge in [0.1, 0.15) is 11.2 Å². The molecule has 0 unspecified atom stereocenters. The Hall–Kier alpha value is -0.110. The van der Waals surface area contributed by atoms with Gasteiger partial charge >= 0.3 is 7.60 Å². The van der Waals surface area contributed by atoms with Crippen molar-refractivity contribution in [2.24, 2.45) is 0 Å². The van der Waals surface area contributed by atoms with Crippen molar-refractivity contribution in [2.75, 3.05) is 6.16 Å². The summed E-state index contributed by atoms with van der Waals surface area (Å²) < 4.78 is 23.4. The third-order valence-electron chi connectivity index (χ3n) is 2.91. The number of hydrogen-bond acceptors (Lipinski definition) is 3. The molecule has 1 heterocycles. The first-order valence-electron chi connectivity index (χ1n) is 5.22. The second kappa shape index (κ2) is 3.73. The van der Waals surface area contributed by atoms with Crippen LogP contribution in [0.1, 0.15) is 41.5 Å². The molecule has 1 aliphatic heterocycles. The van der Waals surface area contributed by atoms with Crippen LogP contribution in [0.5, 0.6) is 0 Å². The van der Waals surface area contributed by atoms with Crippen LogP contribution >= 0.6 is 7.60 Å². The molecule has 88 valence electrons. The van der Waals surface area contributed by atoms with Crippen LogP contribution in [0, 0.1) is 0 Å². The molecular weight excluding hydrogens is 211 g/mol. The molecule has 3 nitrogen and oxygen atoms in total. The zero-order valence-corrected chi connectivity index (χ0v) is 11.4. The van der Waals surface area contributed by atoms with Crippen LogP contribution in [0.25, 0.3) is 0 Å². The summed E-state index contributed by atoms with van der Waals surface area (Å²) in [5, 5.41) is 0. The summed E-state index contributed by atoms with van der Waals surface area (Å²) in [6.45, 7) is 11.6. The van der Waals surface area contributed by atoms with Crippen LogP contribution in [-0.2, 0) is 13.6 Å². The number of rotatable bonds is 2. The molecule has 4 heteroatoms. The molecule has 0 N–H and O–H groups in total. The van der Waals surface area contributed by atoms with Crippen LogP contribution in [0.3, 0.4) is 0 Å². The van der Waals surface area contributed by atoms with Gasteiger partial charge in [-0.05, 0) is 41.5 Å². The molecule has 0 bridgehead atoms. The summed E-state index contributed by atoms with van der Waals surface area (Å²) in [6.07, 6.45) is 2.26. The highest BCUT2D eigenvalue weighted by Gasteiger charge is 2.54. The molecule has 0 aromatic carbocycles. The van der Waals surface area contributed by atoms with Gasteiger partial charge in [0.05, 0.1) is 6.16 Å². The lowest BCUT2D eigenvalue weighted by molar-refractivity contribution is 0.00578. The molecule has 0 saturated carbocycles. The first-order chi connectivity index (χ1) is 6.58. The molecule has 0 atom stereocenters. The van der Waals surface area contributed by atoms with E-state index < -0.39 is 18.8 Å². The minimum Gasteiger partial charge on any atom is -0.299 e. The van der Waals surface area contributed by atoms with Gasteiger partial charge in [0.2, 0.25) is 0 Å². The first kappa shape index (κ1) is 13.0. The average molecular weight is 232 g/mol. The molecular formula is C11H21O3P. The van der Waals surface area contributed by atoms with E-state index in [9.17, 15) is 4.57 Å². The molecule has 0 radical (unpaired) electrons. The minimum absolute atomic E-state index is 0.363. The van der Waals surface area contributed by atoms with Gasteiger partial charge in [-0.15, -0.1) is 0 Å². The molecule has 0 aromatic rings. The Labute approximate surface area is 92.4 Å². The predicted molar refractivity (Wildman–Crippen MR) is 62.2 cm³/mol. The van der Waals surface area contributed by atoms with Gasteiger partial charge in [-0.2, -0.15) is 0 Å². The van der Waals surface area contributed by atoms with E-state index in [0.29, 0.717) is 6.16 Å². The third-order valence-corrected chi connectivity index (χ3v) is 5.01. The molecule has 1 aliphatic rings. The predicted octanol–water partition coefficient (Wildman–Crippen LogP) is 3.75. The highest BCUT2D eigenvalue weighted by molar-refractivity contribution is 7.54. The number of allylic oxidation sites excluding steroid dienone is 2. The topological polar surface area (TPSA) is 35.5 Å².